The van der Waals surface area contributed by atoms with Gasteiger partial charge in [-0.15, -0.1) is 0 Å². The molecule has 3 aromatic carbocycles. The van der Waals surface area contributed by atoms with E-state index in [0.29, 0.717) is 9.92 Å². The van der Waals surface area contributed by atoms with Crippen molar-refractivity contribution in [2.24, 2.45) is 0 Å². The molecule has 0 atom stereocenters. The number of nitrogens with one attached hydrogen (secondary N) is 2. The first kappa shape index (κ1) is 22.3. The summed E-state index contributed by atoms with van der Waals surface area (Å²) in [5.74, 6) is -1.74. The summed E-state index contributed by atoms with van der Waals surface area (Å²) < 4.78 is 13.8. The molecule has 2 N–H and O–H groups in total. The Labute approximate surface area is 185 Å². The van der Waals surface area contributed by atoms with Crippen LogP contribution in [0.3, 0.4) is 0 Å². The predicted octanol–water partition coefficient (Wildman–Crippen LogP) is 5.75. The highest BCUT2D eigenvalue weighted by atomic mass is 35.5. The summed E-state index contributed by atoms with van der Waals surface area (Å²) in [6.45, 7) is 1.23. The van der Waals surface area contributed by atoms with Crippen molar-refractivity contribution in [2.75, 3.05) is 10.6 Å². The Morgan fingerprint density at radius 2 is 1.74 bits per heavy atom. The van der Waals surface area contributed by atoms with E-state index in [4.69, 9.17) is 11.6 Å². The molecular weight excluding hydrogens is 445 g/mol. The summed E-state index contributed by atoms with van der Waals surface area (Å²) in [7, 11) is 0. The van der Waals surface area contributed by atoms with Crippen LogP contribution >= 0.6 is 23.4 Å². The predicted molar refractivity (Wildman–Crippen MR) is 117 cm³/mol. The number of nitrogens with zero attached hydrogens (tertiary/aromatic N) is 1. The molecule has 3 rings (SSSR count). The van der Waals surface area contributed by atoms with Crippen LogP contribution < -0.4 is 10.6 Å². The Morgan fingerprint density at radius 1 is 1.03 bits per heavy atom. The van der Waals surface area contributed by atoms with Gasteiger partial charge in [-0.1, -0.05) is 23.4 Å². The fraction of sp³-hybridized carbons (Fsp3) is 0.0476. The molecule has 31 heavy (non-hydrogen) atoms. The molecular formula is C21H15ClFN3O4S. The molecule has 0 saturated heterocycles. The van der Waals surface area contributed by atoms with Gasteiger partial charge in [0.05, 0.1) is 15.5 Å². The van der Waals surface area contributed by atoms with Crippen molar-refractivity contribution in [1.29, 1.82) is 0 Å². The first-order chi connectivity index (χ1) is 14.7. The Balaban J connectivity index is 1.83. The zero-order chi connectivity index (χ0) is 22.5. The molecule has 0 unspecified atom stereocenters. The Morgan fingerprint density at radius 3 is 2.39 bits per heavy atom. The second kappa shape index (κ2) is 9.59. The highest BCUT2D eigenvalue weighted by Gasteiger charge is 2.19. The number of anilines is 2. The molecule has 0 spiro atoms. The average Bonchev–Trinajstić information content (AvgIpc) is 2.72. The van der Waals surface area contributed by atoms with Crippen LogP contribution in [0.4, 0.5) is 21.5 Å². The zero-order valence-corrected chi connectivity index (χ0v) is 17.6. The van der Waals surface area contributed by atoms with Crippen molar-refractivity contribution in [3.05, 3.63) is 87.2 Å². The maximum Gasteiger partial charge on any atom is 0.284 e. The molecule has 0 bridgehead atoms. The third-order valence-electron chi connectivity index (χ3n) is 3.99. The van der Waals surface area contributed by atoms with Crippen molar-refractivity contribution in [2.45, 2.75) is 16.7 Å². The molecule has 0 aliphatic carbocycles. The monoisotopic (exact) mass is 459 g/mol. The lowest BCUT2D eigenvalue weighted by Crippen LogP contribution is -2.13. The van der Waals surface area contributed by atoms with Crippen molar-refractivity contribution in [3.63, 3.8) is 0 Å². The quantitative estimate of drug-likeness (QED) is 0.361. The largest absolute Gasteiger partial charge is 0.324 e. The number of carbonyl (C=O) groups excluding carboxylic acids is 2. The van der Waals surface area contributed by atoms with Crippen LogP contribution in [-0.4, -0.2) is 16.7 Å². The third-order valence-corrected chi connectivity index (χ3v) is 5.32. The van der Waals surface area contributed by atoms with Crippen molar-refractivity contribution in [1.82, 2.24) is 0 Å². The summed E-state index contributed by atoms with van der Waals surface area (Å²) in [6, 6.07) is 14.6. The Bertz CT molecular complexity index is 1170. The van der Waals surface area contributed by atoms with Gasteiger partial charge in [0.2, 0.25) is 5.91 Å². The molecule has 0 saturated carbocycles. The van der Waals surface area contributed by atoms with Gasteiger partial charge in [-0.05, 0) is 54.6 Å². The normalized spacial score (nSPS) is 10.4. The highest BCUT2D eigenvalue weighted by molar-refractivity contribution is 7.99. The fourth-order valence-electron chi connectivity index (χ4n) is 2.61. The maximum atomic E-state index is 13.8. The molecule has 10 heteroatoms. The minimum Gasteiger partial charge on any atom is -0.324 e. The van der Waals surface area contributed by atoms with E-state index >= 15 is 0 Å². The van der Waals surface area contributed by atoms with Gasteiger partial charge < -0.3 is 10.6 Å². The van der Waals surface area contributed by atoms with E-state index in [-0.39, 0.29) is 22.6 Å². The topological polar surface area (TPSA) is 101 Å². The lowest BCUT2D eigenvalue weighted by atomic mass is 10.1. The number of benzene rings is 3. The first-order valence-electron chi connectivity index (χ1n) is 8.83. The van der Waals surface area contributed by atoms with Crippen LogP contribution in [0.15, 0.2) is 70.5 Å². The molecule has 0 aliphatic heterocycles. The molecule has 0 fully saturated rings. The molecule has 3 aromatic rings. The molecule has 158 valence electrons. The van der Waals surface area contributed by atoms with E-state index in [0.717, 1.165) is 11.0 Å². The fourth-order valence-corrected chi connectivity index (χ4v) is 3.64. The molecule has 0 aliphatic rings. The standard InChI is InChI=1S/C21H15ClFN3O4S/c1-12(27)24-18-11-15(5-8-17(18)23)25-21(28)13-2-9-20(19(10-13)26(29)30)31-16-6-3-14(22)4-7-16/h2-11H,1H3,(H,24,27)(H,25,28). The summed E-state index contributed by atoms with van der Waals surface area (Å²) >= 11 is 7.03. The minimum atomic E-state index is -0.660. The van der Waals surface area contributed by atoms with Crippen LogP contribution in [0.1, 0.15) is 17.3 Å². The van der Waals surface area contributed by atoms with Crippen molar-refractivity contribution in [3.8, 4) is 0 Å². The SMILES string of the molecule is CC(=O)Nc1cc(NC(=O)c2ccc(Sc3ccc(Cl)cc3)c([N+](=O)[O-])c2)ccc1F. The highest BCUT2D eigenvalue weighted by Crippen LogP contribution is 2.36. The summed E-state index contributed by atoms with van der Waals surface area (Å²) in [5.41, 5.74) is -0.0494. The van der Waals surface area contributed by atoms with Gasteiger partial charge in [0.25, 0.3) is 11.6 Å². The number of nitro groups is 1. The van der Waals surface area contributed by atoms with Crippen LogP contribution in [0.5, 0.6) is 0 Å². The summed E-state index contributed by atoms with van der Waals surface area (Å²) in [6.07, 6.45) is 0. The average molecular weight is 460 g/mol. The Hall–Kier alpha value is -3.43. The molecule has 0 aromatic heterocycles. The van der Waals surface area contributed by atoms with Gasteiger partial charge in [-0.2, -0.15) is 0 Å². The zero-order valence-electron chi connectivity index (χ0n) is 16.0. The molecule has 0 heterocycles. The lowest BCUT2D eigenvalue weighted by molar-refractivity contribution is -0.387. The van der Waals surface area contributed by atoms with Crippen LogP contribution in [0.25, 0.3) is 0 Å². The van der Waals surface area contributed by atoms with Crippen LogP contribution in [0, 0.1) is 15.9 Å². The second-order valence-electron chi connectivity index (χ2n) is 6.33. The third kappa shape index (κ3) is 5.80. The van der Waals surface area contributed by atoms with Gasteiger partial charge in [0.15, 0.2) is 0 Å². The van der Waals surface area contributed by atoms with E-state index < -0.39 is 22.6 Å². The summed E-state index contributed by atoms with van der Waals surface area (Å²) in [5, 5.41) is 16.9. The smallest absolute Gasteiger partial charge is 0.284 e. The van der Waals surface area contributed by atoms with E-state index in [2.05, 4.69) is 10.6 Å². The van der Waals surface area contributed by atoms with Crippen molar-refractivity contribution >= 4 is 52.2 Å². The molecule has 2 amide bonds. The summed E-state index contributed by atoms with van der Waals surface area (Å²) in [4.78, 5) is 35.8. The van der Waals surface area contributed by atoms with E-state index in [9.17, 15) is 24.1 Å². The van der Waals surface area contributed by atoms with Gasteiger partial charge in [0.1, 0.15) is 5.82 Å². The molecule has 7 nitrogen and oxygen atoms in total. The van der Waals surface area contributed by atoms with E-state index in [1.54, 1.807) is 24.3 Å². The van der Waals surface area contributed by atoms with E-state index in [1.807, 2.05) is 0 Å². The number of amides is 2. The van der Waals surface area contributed by atoms with Crippen molar-refractivity contribution < 1.29 is 18.9 Å². The Kier molecular flexibility index (Phi) is 6.88. The number of nitro benzene ring substituents is 1. The first-order valence-corrected chi connectivity index (χ1v) is 10.0. The number of halogens is 2. The van der Waals surface area contributed by atoms with E-state index in [1.165, 1.54) is 49.0 Å². The number of rotatable bonds is 6. The molecule has 0 radical (unpaired) electrons. The van der Waals surface area contributed by atoms with Gasteiger partial charge in [-0.3, -0.25) is 19.7 Å². The number of carbonyl (C=O) groups is 2. The van der Waals surface area contributed by atoms with Gasteiger partial charge in [-0.25, -0.2) is 4.39 Å². The van der Waals surface area contributed by atoms with Gasteiger partial charge >= 0.3 is 0 Å². The lowest BCUT2D eigenvalue weighted by Gasteiger charge is -2.10. The number of hydrogen-bond donors (Lipinski definition) is 2. The van der Waals surface area contributed by atoms with Gasteiger partial charge in [0, 0.05) is 34.2 Å². The minimum absolute atomic E-state index is 0.0533. The second-order valence-corrected chi connectivity index (χ2v) is 7.88. The van der Waals surface area contributed by atoms with Crippen LogP contribution in [0.2, 0.25) is 5.02 Å². The maximum absolute atomic E-state index is 13.8. The van der Waals surface area contributed by atoms with Crippen LogP contribution in [-0.2, 0) is 4.79 Å². The number of hydrogen-bond acceptors (Lipinski definition) is 5.